The molecule has 126 valence electrons. The molecule has 0 saturated carbocycles. The van der Waals surface area contributed by atoms with Gasteiger partial charge in [-0.3, -0.25) is 4.79 Å². The Bertz CT molecular complexity index is 758. The van der Waals surface area contributed by atoms with Crippen molar-refractivity contribution >= 4 is 17.3 Å². The first-order valence-electron chi connectivity index (χ1n) is 7.67. The van der Waals surface area contributed by atoms with E-state index in [2.05, 4.69) is 5.32 Å². The molecule has 0 aromatic heterocycles. The lowest BCUT2D eigenvalue weighted by Crippen LogP contribution is -2.39. The molecule has 6 heteroatoms. The number of halogens is 3. The van der Waals surface area contributed by atoms with Crippen LogP contribution in [0.15, 0.2) is 48.5 Å². The van der Waals surface area contributed by atoms with Crippen LogP contribution in [0.4, 0.5) is 24.5 Å². The minimum atomic E-state index is -4.40. The highest BCUT2D eigenvalue weighted by Crippen LogP contribution is 2.32. The van der Waals surface area contributed by atoms with Crippen molar-refractivity contribution in [2.75, 3.05) is 16.8 Å². The summed E-state index contributed by atoms with van der Waals surface area (Å²) in [5.74, 6) is -0.162. The highest BCUT2D eigenvalue weighted by Gasteiger charge is 2.31. The summed E-state index contributed by atoms with van der Waals surface area (Å²) >= 11 is 0. The van der Waals surface area contributed by atoms with Gasteiger partial charge in [0, 0.05) is 17.4 Å². The molecular weight excluding hydrogens is 317 g/mol. The van der Waals surface area contributed by atoms with Crippen LogP contribution in [0, 0.1) is 0 Å². The van der Waals surface area contributed by atoms with E-state index in [1.165, 1.54) is 12.1 Å². The van der Waals surface area contributed by atoms with Crippen LogP contribution in [-0.4, -0.2) is 18.5 Å². The van der Waals surface area contributed by atoms with Crippen LogP contribution < -0.4 is 10.2 Å². The number of carbonyl (C=O) groups is 1. The number of anilines is 2. The second kappa shape index (κ2) is 6.19. The summed E-state index contributed by atoms with van der Waals surface area (Å²) in [7, 11) is 0. The van der Waals surface area contributed by atoms with Gasteiger partial charge >= 0.3 is 6.18 Å². The third-order valence-electron chi connectivity index (χ3n) is 4.11. The smallest absolute Gasteiger partial charge is 0.376 e. The van der Waals surface area contributed by atoms with Crippen LogP contribution in [-0.2, 0) is 17.4 Å². The van der Waals surface area contributed by atoms with E-state index in [9.17, 15) is 18.0 Å². The van der Waals surface area contributed by atoms with Crippen molar-refractivity contribution in [3.63, 3.8) is 0 Å². The van der Waals surface area contributed by atoms with E-state index < -0.39 is 11.7 Å². The summed E-state index contributed by atoms with van der Waals surface area (Å²) in [6.45, 7) is 1.90. The molecule has 0 aliphatic carbocycles. The number of hydrogen-bond acceptors (Lipinski definition) is 2. The number of para-hydroxylation sites is 1. The number of benzene rings is 2. The van der Waals surface area contributed by atoms with Crippen molar-refractivity contribution < 1.29 is 18.0 Å². The molecule has 3 rings (SSSR count). The van der Waals surface area contributed by atoms with Crippen molar-refractivity contribution in [3.05, 3.63) is 59.7 Å². The summed E-state index contributed by atoms with van der Waals surface area (Å²) < 4.78 is 38.2. The zero-order chi connectivity index (χ0) is 17.3. The van der Waals surface area contributed by atoms with E-state index in [0.29, 0.717) is 0 Å². The Morgan fingerprint density at radius 1 is 1.21 bits per heavy atom. The molecule has 3 nitrogen and oxygen atoms in total. The summed E-state index contributed by atoms with van der Waals surface area (Å²) in [5.41, 5.74) is 1.52. The van der Waals surface area contributed by atoms with Gasteiger partial charge in [-0.1, -0.05) is 24.3 Å². The summed E-state index contributed by atoms with van der Waals surface area (Å²) in [5, 5.41) is 2.79. The Hall–Kier alpha value is -2.50. The van der Waals surface area contributed by atoms with Gasteiger partial charge < -0.3 is 10.2 Å². The Balaban J connectivity index is 1.71. The Labute approximate surface area is 138 Å². The van der Waals surface area contributed by atoms with Crippen molar-refractivity contribution in [1.82, 2.24) is 0 Å². The van der Waals surface area contributed by atoms with E-state index in [1.807, 2.05) is 31.2 Å². The van der Waals surface area contributed by atoms with E-state index in [0.717, 1.165) is 29.8 Å². The molecule has 0 bridgehead atoms. The monoisotopic (exact) mass is 334 g/mol. The molecule has 1 aliphatic heterocycles. The molecular formula is C18H17F3N2O. The van der Waals surface area contributed by atoms with Crippen LogP contribution in [0.3, 0.4) is 0 Å². The van der Waals surface area contributed by atoms with Crippen LogP contribution in [0.2, 0.25) is 0 Å². The van der Waals surface area contributed by atoms with Crippen LogP contribution in [0.1, 0.15) is 18.1 Å². The fourth-order valence-corrected chi connectivity index (χ4v) is 3.01. The number of hydrogen-bond donors (Lipinski definition) is 1. The van der Waals surface area contributed by atoms with Gasteiger partial charge in [-0.25, -0.2) is 0 Å². The van der Waals surface area contributed by atoms with Gasteiger partial charge in [0.15, 0.2) is 0 Å². The lowest BCUT2D eigenvalue weighted by molar-refractivity contribution is -0.137. The maximum absolute atomic E-state index is 12.7. The molecule has 0 radical (unpaired) electrons. The molecule has 0 saturated heterocycles. The standard InChI is InChI=1S/C18H17F3N2O/c1-12-9-13-5-2-3-8-16(13)23(12)17(24)11-22-15-7-4-6-14(10-15)18(19,20)21/h2-8,10,12,22H,9,11H2,1H3/t12-/m0/s1. The maximum Gasteiger partial charge on any atom is 0.416 e. The average Bonchev–Trinajstić information content (AvgIpc) is 2.88. The highest BCUT2D eigenvalue weighted by molar-refractivity contribution is 5.98. The van der Waals surface area contributed by atoms with Crippen LogP contribution in [0.25, 0.3) is 0 Å². The molecule has 24 heavy (non-hydrogen) atoms. The van der Waals surface area contributed by atoms with E-state index >= 15 is 0 Å². The first-order valence-corrected chi connectivity index (χ1v) is 7.67. The molecule has 0 spiro atoms. The first kappa shape index (κ1) is 16.4. The summed E-state index contributed by atoms with van der Waals surface area (Å²) in [6.07, 6.45) is -3.62. The third-order valence-corrected chi connectivity index (χ3v) is 4.11. The highest BCUT2D eigenvalue weighted by atomic mass is 19.4. The van der Waals surface area contributed by atoms with E-state index in [4.69, 9.17) is 0 Å². The number of rotatable bonds is 3. The van der Waals surface area contributed by atoms with Crippen LogP contribution in [0.5, 0.6) is 0 Å². The molecule has 0 unspecified atom stereocenters. The Morgan fingerprint density at radius 2 is 1.96 bits per heavy atom. The second-order valence-electron chi connectivity index (χ2n) is 5.88. The molecule has 1 atom stereocenters. The number of carbonyl (C=O) groups excluding carboxylic acids is 1. The maximum atomic E-state index is 12.7. The van der Waals surface area contributed by atoms with Crippen molar-refractivity contribution in [2.45, 2.75) is 25.6 Å². The number of fused-ring (bicyclic) bond motifs is 1. The molecule has 1 heterocycles. The van der Waals surface area contributed by atoms with E-state index in [-0.39, 0.29) is 24.2 Å². The molecule has 1 amide bonds. The predicted molar refractivity (Wildman–Crippen MR) is 87.0 cm³/mol. The van der Waals surface area contributed by atoms with Gasteiger partial charge in [-0.15, -0.1) is 0 Å². The topological polar surface area (TPSA) is 32.3 Å². The fourth-order valence-electron chi connectivity index (χ4n) is 3.01. The minimum absolute atomic E-state index is 0.0400. The second-order valence-corrected chi connectivity index (χ2v) is 5.88. The van der Waals surface area contributed by atoms with Crippen molar-refractivity contribution in [1.29, 1.82) is 0 Å². The minimum Gasteiger partial charge on any atom is -0.376 e. The molecule has 1 aliphatic rings. The summed E-state index contributed by atoms with van der Waals surface area (Å²) in [6, 6.07) is 12.6. The van der Waals surface area contributed by atoms with Crippen LogP contribution >= 0.6 is 0 Å². The van der Waals surface area contributed by atoms with Crippen molar-refractivity contribution in [3.8, 4) is 0 Å². The quantitative estimate of drug-likeness (QED) is 0.917. The molecule has 0 fully saturated rings. The fraction of sp³-hybridized carbons (Fsp3) is 0.278. The van der Waals surface area contributed by atoms with E-state index in [1.54, 1.807) is 4.90 Å². The van der Waals surface area contributed by atoms with Gasteiger partial charge in [0.1, 0.15) is 0 Å². The molecule has 2 aromatic rings. The van der Waals surface area contributed by atoms with Gasteiger partial charge in [0.05, 0.1) is 12.1 Å². The molecule has 2 aromatic carbocycles. The SMILES string of the molecule is C[C@H]1Cc2ccccc2N1C(=O)CNc1cccc(C(F)(F)F)c1. The Kier molecular flexibility index (Phi) is 4.22. The van der Waals surface area contributed by atoms with Gasteiger partial charge in [0.2, 0.25) is 5.91 Å². The van der Waals surface area contributed by atoms with Crippen molar-refractivity contribution in [2.24, 2.45) is 0 Å². The number of alkyl halides is 3. The molecule has 1 N–H and O–H groups in total. The lowest BCUT2D eigenvalue weighted by Gasteiger charge is -2.23. The number of nitrogens with one attached hydrogen (secondary N) is 1. The Morgan fingerprint density at radius 3 is 2.71 bits per heavy atom. The zero-order valence-corrected chi connectivity index (χ0v) is 13.1. The summed E-state index contributed by atoms with van der Waals surface area (Å²) in [4.78, 5) is 14.2. The first-order chi connectivity index (χ1) is 11.4. The van der Waals surface area contributed by atoms with Gasteiger partial charge in [-0.05, 0) is 43.2 Å². The van der Waals surface area contributed by atoms with Gasteiger partial charge in [-0.2, -0.15) is 13.2 Å². The normalized spacial score (nSPS) is 16.8. The number of amides is 1. The predicted octanol–water partition coefficient (Wildman–Crippen LogP) is 4.10. The van der Waals surface area contributed by atoms with Gasteiger partial charge in [0.25, 0.3) is 0 Å². The third kappa shape index (κ3) is 3.22. The zero-order valence-electron chi connectivity index (χ0n) is 13.1. The lowest BCUT2D eigenvalue weighted by atomic mass is 10.1. The number of nitrogens with zero attached hydrogens (tertiary/aromatic N) is 1. The average molecular weight is 334 g/mol. The largest absolute Gasteiger partial charge is 0.416 e.